The molecule has 0 saturated heterocycles. The van der Waals surface area contributed by atoms with Gasteiger partial charge in [-0.1, -0.05) is 26.2 Å². The number of rotatable bonds is 4. The van der Waals surface area contributed by atoms with Crippen LogP contribution in [0.5, 0.6) is 0 Å². The summed E-state index contributed by atoms with van der Waals surface area (Å²) < 4.78 is 1.75. The lowest BCUT2D eigenvalue weighted by molar-refractivity contribution is 0.274. The highest BCUT2D eigenvalue weighted by Crippen LogP contribution is 2.30. The Balaban J connectivity index is 1.74. The Hall–Kier alpha value is -1.19. The Bertz CT molecular complexity index is 358. The van der Waals surface area contributed by atoms with E-state index >= 15 is 0 Å². The molecule has 2 rings (SSSR count). The first kappa shape index (κ1) is 12.3. The summed E-state index contributed by atoms with van der Waals surface area (Å²) in [5, 5.41) is 7.63. The van der Waals surface area contributed by atoms with Crippen molar-refractivity contribution in [3.63, 3.8) is 0 Å². The van der Waals surface area contributed by atoms with Crippen molar-refractivity contribution in [1.29, 1.82) is 0 Å². The molecule has 2 atom stereocenters. The minimum absolute atomic E-state index is 0.740. The van der Waals surface area contributed by atoms with Crippen LogP contribution in [0.3, 0.4) is 0 Å². The number of nitrogens with one attached hydrogen (secondary N) is 1. The third-order valence-electron chi connectivity index (χ3n) is 3.75. The maximum Gasteiger partial charge on any atom is 0.171 e. The fraction of sp³-hybridized carbons (Fsp3) is 0.769. The van der Waals surface area contributed by atoms with E-state index in [9.17, 15) is 0 Å². The summed E-state index contributed by atoms with van der Waals surface area (Å²) in [5.74, 6) is 2.63. The summed E-state index contributed by atoms with van der Waals surface area (Å²) in [6.45, 7) is 3.36. The number of nitrogen functional groups attached to an aromatic ring is 1. The number of aryl methyl sites for hydroxylation is 1. The second-order valence-corrected chi connectivity index (χ2v) is 5.46. The maximum atomic E-state index is 5.84. The fourth-order valence-corrected chi connectivity index (χ4v) is 2.86. The second-order valence-electron chi connectivity index (χ2n) is 5.46. The third kappa shape index (κ3) is 3.38. The van der Waals surface area contributed by atoms with Gasteiger partial charge in [0.1, 0.15) is 0 Å². The van der Waals surface area contributed by atoms with Gasteiger partial charge in [-0.05, 0) is 24.7 Å². The van der Waals surface area contributed by atoms with Gasteiger partial charge in [-0.3, -0.25) is 4.68 Å². The van der Waals surface area contributed by atoms with Crippen LogP contribution in [-0.4, -0.2) is 16.3 Å². The Labute approximate surface area is 104 Å². The van der Waals surface area contributed by atoms with Crippen molar-refractivity contribution < 1.29 is 0 Å². The Kier molecular flexibility index (Phi) is 3.92. The van der Waals surface area contributed by atoms with Crippen LogP contribution < -0.4 is 11.1 Å². The molecule has 1 aliphatic carbocycles. The number of nitrogens with zero attached hydrogens (tertiary/aromatic N) is 2. The summed E-state index contributed by atoms with van der Waals surface area (Å²) in [6.07, 6.45) is 8.67. The van der Waals surface area contributed by atoms with Crippen LogP contribution >= 0.6 is 0 Å². The molecule has 4 nitrogen and oxygen atoms in total. The van der Waals surface area contributed by atoms with Gasteiger partial charge in [-0.2, -0.15) is 5.10 Å². The summed E-state index contributed by atoms with van der Waals surface area (Å²) in [4.78, 5) is 0. The van der Waals surface area contributed by atoms with Crippen molar-refractivity contribution in [2.75, 3.05) is 17.6 Å². The van der Waals surface area contributed by atoms with Crippen LogP contribution in [0.15, 0.2) is 6.20 Å². The van der Waals surface area contributed by atoms with Gasteiger partial charge in [0.25, 0.3) is 0 Å². The van der Waals surface area contributed by atoms with Gasteiger partial charge >= 0.3 is 0 Å². The molecule has 1 aliphatic rings. The molecule has 4 heteroatoms. The summed E-state index contributed by atoms with van der Waals surface area (Å²) in [6, 6.07) is 0. The van der Waals surface area contributed by atoms with Crippen LogP contribution in [0.1, 0.15) is 39.0 Å². The molecule has 0 amide bonds. The topological polar surface area (TPSA) is 55.9 Å². The van der Waals surface area contributed by atoms with Crippen LogP contribution in [0.4, 0.5) is 11.5 Å². The first-order valence-corrected chi connectivity index (χ1v) is 6.68. The zero-order chi connectivity index (χ0) is 12.3. The average Bonchev–Trinajstić information content (AvgIpc) is 2.58. The second kappa shape index (κ2) is 5.43. The maximum absolute atomic E-state index is 5.84. The normalized spacial score (nSPS) is 24.8. The molecule has 0 aliphatic heterocycles. The largest absolute Gasteiger partial charge is 0.394 e. The van der Waals surface area contributed by atoms with Gasteiger partial charge in [0.05, 0.1) is 5.69 Å². The molecule has 1 heterocycles. The molecule has 0 spiro atoms. The summed E-state index contributed by atoms with van der Waals surface area (Å²) in [7, 11) is 1.89. The fourth-order valence-electron chi connectivity index (χ4n) is 2.86. The Morgan fingerprint density at radius 2 is 2.35 bits per heavy atom. The quantitative estimate of drug-likeness (QED) is 0.845. The van der Waals surface area contributed by atoms with E-state index in [4.69, 9.17) is 5.73 Å². The zero-order valence-electron chi connectivity index (χ0n) is 10.9. The van der Waals surface area contributed by atoms with Crippen LogP contribution in [0, 0.1) is 11.8 Å². The first-order valence-electron chi connectivity index (χ1n) is 6.68. The molecule has 96 valence electrons. The number of anilines is 2. The highest BCUT2D eigenvalue weighted by atomic mass is 15.3. The van der Waals surface area contributed by atoms with Gasteiger partial charge in [0.2, 0.25) is 0 Å². The van der Waals surface area contributed by atoms with Crippen molar-refractivity contribution in [3.8, 4) is 0 Å². The van der Waals surface area contributed by atoms with Crippen molar-refractivity contribution in [1.82, 2.24) is 9.78 Å². The molecule has 2 unspecified atom stereocenters. The van der Waals surface area contributed by atoms with E-state index in [0.717, 1.165) is 29.9 Å². The minimum atomic E-state index is 0.740. The first-order chi connectivity index (χ1) is 8.15. The van der Waals surface area contributed by atoms with Crippen molar-refractivity contribution in [3.05, 3.63) is 6.20 Å². The molecule has 1 fully saturated rings. The van der Waals surface area contributed by atoms with E-state index in [1.807, 2.05) is 13.2 Å². The zero-order valence-corrected chi connectivity index (χ0v) is 10.9. The molecule has 0 bridgehead atoms. The highest BCUT2D eigenvalue weighted by Gasteiger charge is 2.18. The molecule has 17 heavy (non-hydrogen) atoms. The Morgan fingerprint density at radius 1 is 1.53 bits per heavy atom. The number of nitrogens with two attached hydrogens (primary N) is 1. The molecular formula is C13H24N4. The number of aromatic nitrogens is 2. The van der Waals surface area contributed by atoms with Crippen LogP contribution in [-0.2, 0) is 7.05 Å². The Morgan fingerprint density at radius 3 is 3.00 bits per heavy atom. The van der Waals surface area contributed by atoms with Gasteiger partial charge in [0, 0.05) is 19.8 Å². The minimum Gasteiger partial charge on any atom is -0.394 e. The lowest BCUT2D eigenvalue weighted by Gasteiger charge is -2.26. The van der Waals surface area contributed by atoms with E-state index in [2.05, 4.69) is 17.3 Å². The standard InChI is InChI=1S/C13H24N4/c1-10-4-3-5-11(8-10)6-7-15-13-12(14)9-17(2)16-13/h9-11H,3-8,14H2,1-2H3,(H,15,16). The van der Waals surface area contributed by atoms with E-state index in [0.29, 0.717) is 0 Å². The summed E-state index contributed by atoms with van der Waals surface area (Å²) in [5.41, 5.74) is 6.58. The van der Waals surface area contributed by atoms with E-state index in [-0.39, 0.29) is 0 Å². The molecule has 1 saturated carbocycles. The van der Waals surface area contributed by atoms with Gasteiger partial charge < -0.3 is 11.1 Å². The molecule has 3 N–H and O–H groups in total. The number of hydrogen-bond acceptors (Lipinski definition) is 3. The predicted octanol–water partition coefficient (Wildman–Crippen LogP) is 2.63. The van der Waals surface area contributed by atoms with Crippen molar-refractivity contribution in [2.45, 2.75) is 39.0 Å². The molecule has 0 aromatic carbocycles. The molecule has 1 aromatic rings. The van der Waals surface area contributed by atoms with Crippen molar-refractivity contribution in [2.24, 2.45) is 18.9 Å². The predicted molar refractivity (Wildman–Crippen MR) is 71.8 cm³/mol. The number of hydrogen-bond donors (Lipinski definition) is 2. The van der Waals surface area contributed by atoms with Gasteiger partial charge in [-0.15, -0.1) is 0 Å². The van der Waals surface area contributed by atoms with E-state index < -0.39 is 0 Å². The summed E-state index contributed by atoms with van der Waals surface area (Å²) >= 11 is 0. The van der Waals surface area contributed by atoms with Crippen LogP contribution in [0.2, 0.25) is 0 Å². The van der Waals surface area contributed by atoms with Gasteiger partial charge in [-0.25, -0.2) is 0 Å². The molecule has 1 aromatic heterocycles. The molecule has 0 radical (unpaired) electrons. The lowest BCUT2D eigenvalue weighted by Crippen LogP contribution is -2.17. The third-order valence-corrected chi connectivity index (χ3v) is 3.75. The van der Waals surface area contributed by atoms with Crippen LogP contribution in [0.25, 0.3) is 0 Å². The monoisotopic (exact) mass is 236 g/mol. The SMILES string of the molecule is CC1CCCC(CCNc2nn(C)cc2N)C1. The van der Waals surface area contributed by atoms with E-state index in [1.54, 1.807) is 4.68 Å². The average molecular weight is 236 g/mol. The van der Waals surface area contributed by atoms with E-state index in [1.165, 1.54) is 32.1 Å². The van der Waals surface area contributed by atoms with Crippen molar-refractivity contribution >= 4 is 11.5 Å². The molecular weight excluding hydrogens is 212 g/mol. The highest BCUT2D eigenvalue weighted by molar-refractivity contribution is 5.59. The van der Waals surface area contributed by atoms with Gasteiger partial charge in [0.15, 0.2) is 5.82 Å². The lowest BCUT2D eigenvalue weighted by atomic mass is 9.81. The smallest absolute Gasteiger partial charge is 0.171 e.